The van der Waals surface area contributed by atoms with Gasteiger partial charge in [0.1, 0.15) is 5.03 Å². The summed E-state index contributed by atoms with van der Waals surface area (Å²) in [5.41, 5.74) is 0.393. The SMILES string of the molecule is CSc1ncccc1C(=O)O[C@H](C)C(=O)N[C@@H]1CCC[C@@H](C)[C@H]1C. The number of nitrogens with one attached hydrogen (secondary N) is 1. The van der Waals surface area contributed by atoms with Crippen LogP contribution in [0, 0.1) is 11.8 Å². The normalized spacial score (nSPS) is 24.9. The zero-order valence-corrected chi connectivity index (χ0v) is 15.6. The van der Waals surface area contributed by atoms with Gasteiger partial charge in [0.15, 0.2) is 6.10 Å². The molecule has 1 N–H and O–H groups in total. The van der Waals surface area contributed by atoms with E-state index >= 15 is 0 Å². The molecule has 2 rings (SSSR count). The lowest BCUT2D eigenvalue weighted by Gasteiger charge is -2.35. The van der Waals surface area contributed by atoms with E-state index in [9.17, 15) is 9.59 Å². The van der Waals surface area contributed by atoms with Gasteiger partial charge in [-0.2, -0.15) is 0 Å². The second kappa shape index (κ2) is 8.51. The molecular weight excluding hydrogens is 324 g/mol. The largest absolute Gasteiger partial charge is 0.449 e. The summed E-state index contributed by atoms with van der Waals surface area (Å²) in [6.45, 7) is 6.00. The third kappa shape index (κ3) is 4.50. The topological polar surface area (TPSA) is 68.3 Å². The fourth-order valence-electron chi connectivity index (χ4n) is 3.07. The standard InChI is InChI=1S/C18H26N2O3S/c1-11-7-5-9-15(12(11)2)20-16(21)13(3)23-18(22)14-8-6-10-19-17(14)24-4/h6,8,10-13,15H,5,7,9H2,1-4H3,(H,20,21)/t11-,12-,13-,15-/m1/s1. The molecule has 0 aromatic carbocycles. The summed E-state index contributed by atoms with van der Waals surface area (Å²) in [6, 6.07) is 3.51. The molecule has 0 bridgehead atoms. The lowest BCUT2D eigenvalue weighted by molar-refractivity contribution is -0.130. The lowest BCUT2D eigenvalue weighted by Crippen LogP contribution is -2.47. The van der Waals surface area contributed by atoms with Crippen LogP contribution in [0.3, 0.4) is 0 Å². The van der Waals surface area contributed by atoms with E-state index in [0.717, 1.165) is 12.8 Å². The minimum absolute atomic E-state index is 0.155. The van der Waals surface area contributed by atoms with Crippen LogP contribution in [0.1, 0.15) is 50.4 Å². The second-order valence-corrected chi connectivity index (χ2v) is 7.29. The highest BCUT2D eigenvalue weighted by Crippen LogP contribution is 2.29. The number of nitrogens with zero attached hydrogens (tertiary/aromatic N) is 1. The van der Waals surface area contributed by atoms with Gasteiger partial charge in [0, 0.05) is 12.2 Å². The first-order chi connectivity index (χ1) is 11.4. The molecule has 5 nitrogen and oxygen atoms in total. The average molecular weight is 350 g/mol. The Hall–Kier alpha value is -1.56. The van der Waals surface area contributed by atoms with Gasteiger partial charge in [-0.05, 0) is 43.6 Å². The Morgan fingerprint density at radius 1 is 1.38 bits per heavy atom. The van der Waals surface area contributed by atoms with E-state index in [1.165, 1.54) is 18.2 Å². The zero-order chi connectivity index (χ0) is 17.7. The molecule has 1 amide bonds. The molecule has 1 aliphatic carbocycles. The van der Waals surface area contributed by atoms with Crippen molar-refractivity contribution in [2.24, 2.45) is 11.8 Å². The van der Waals surface area contributed by atoms with Gasteiger partial charge in [-0.15, -0.1) is 11.8 Å². The summed E-state index contributed by atoms with van der Waals surface area (Å²) in [6.07, 6.45) is 5.97. The fourth-order valence-corrected chi connectivity index (χ4v) is 3.61. The number of carbonyl (C=O) groups is 2. The number of hydrogen-bond donors (Lipinski definition) is 1. The van der Waals surface area contributed by atoms with E-state index < -0.39 is 12.1 Å². The summed E-state index contributed by atoms with van der Waals surface area (Å²) in [4.78, 5) is 28.8. The van der Waals surface area contributed by atoms with Gasteiger partial charge < -0.3 is 10.1 Å². The van der Waals surface area contributed by atoms with Crippen molar-refractivity contribution in [2.75, 3.05) is 6.26 Å². The van der Waals surface area contributed by atoms with Crippen molar-refractivity contribution in [1.82, 2.24) is 10.3 Å². The van der Waals surface area contributed by atoms with E-state index in [-0.39, 0.29) is 11.9 Å². The van der Waals surface area contributed by atoms with E-state index in [4.69, 9.17) is 4.74 Å². The molecule has 1 saturated carbocycles. The van der Waals surface area contributed by atoms with Crippen LogP contribution >= 0.6 is 11.8 Å². The van der Waals surface area contributed by atoms with Gasteiger partial charge in [-0.25, -0.2) is 9.78 Å². The molecule has 0 unspecified atom stereocenters. The Kier molecular flexibility index (Phi) is 6.66. The number of rotatable bonds is 5. The van der Waals surface area contributed by atoms with Crippen molar-refractivity contribution < 1.29 is 14.3 Å². The third-order valence-corrected chi connectivity index (χ3v) is 5.58. The number of esters is 1. The fraction of sp³-hybridized carbons (Fsp3) is 0.611. The number of thioether (sulfide) groups is 1. The van der Waals surface area contributed by atoms with Gasteiger partial charge in [0.2, 0.25) is 0 Å². The number of carbonyl (C=O) groups excluding carboxylic acids is 2. The minimum Gasteiger partial charge on any atom is -0.449 e. The molecule has 1 aliphatic rings. The van der Waals surface area contributed by atoms with Crippen LogP contribution in [0.5, 0.6) is 0 Å². The predicted molar refractivity (Wildman–Crippen MR) is 95.0 cm³/mol. The molecule has 0 saturated heterocycles. The summed E-state index contributed by atoms with van der Waals surface area (Å²) >= 11 is 1.38. The van der Waals surface area contributed by atoms with E-state index in [0.29, 0.717) is 22.4 Å². The number of aromatic nitrogens is 1. The van der Waals surface area contributed by atoms with E-state index in [2.05, 4.69) is 24.1 Å². The van der Waals surface area contributed by atoms with Crippen molar-refractivity contribution in [1.29, 1.82) is 0 Å². The second-order valence-electron chi connectivity index (χ2n) is 6.49. The number of pyridine rings is 1. The molecular formula is C18H26N2O3S. The maximum atomic E-state index is 12.4. The molecule has 0 spiro atoms. The maximum Gasteiger partial charge on any atom is 0.341 e. The lowest BCUT2D eigenvalue weighted by atomic mass is 9.78. The van der Waals surface area contributed by atoms with Crippen LogP contribution in [0.4, 0.5) is 0 Å². The first kappa shape index (κ1) is 18.8. The summed E-state index contributed by atoms with van der Waals surface area (Å²) < 4.78 is 5.34. The minimum atomic E-state index is -0.822. The Balaban J connectivity index is 1.95. The van der Waals surface area contributed by atoms with Gasteiger partial charge in [0.25, 0.3) is 5.91 Å². The highest BCUT2D eigenvalue weighted by Gasteiger charge is 2.30. The molecule has 4 atom stereocenters. The van der Waals surface area contributed by atoms with Crippen LogP contribution in [0.2, 0.25) is 0 Å². The molecule has 1 fully saturated rings. The Morgan fingerprint density at radius 3 is 2.83 bits per heavy atom. The monoisotopic (exact) mass is 350 g/mol. The Morgan fingerprint density at radius 2 is 2.12 bits per heavy atom. The molecule has 0 radical (unpaired) electrons. The Labute approximate surface area is 147 Å². The summed E-state index contributed by atoms with van der Waals surface area (Å²) in [5.74, 6) is 0.289. The van der Waals surface area contributed by atoms with Crippen molar-refractivity contribution in [3.63, 3.8) is 0 Å². The molecule has 1 aromatic heterocycles. The molecule has 24 heavy (non-hydrogen) atoms. The maximum absolute atomic E-state index is 12.4. The van der Waals surface area contributed by atoms with E-state index in [1.54, 1.807) is 25.3 Å². The van der Waals surface area contributed by atoms with Gasteiger partial charge in [-0.1, -0.05) is 26.7 Å². The van der Waals surface area contributed by atoms with Crippen LogP contribution in [0.25, 0.3) is 0 Å². The molecule has 6 heteroatoms. The molecule has 132 valence electrons. The highest BCUT2D eigenvalue weighted by molar-refractivity contribution is 7.98. The van der Waals surface area contributed by atoms with Crippen LogP contribution < -0.4 is 5.32 Å². The molecule has 0 aliphatic heterocycles. The van der Waals surface area contributed by atoms with Crippen molar-refractivity contribution >= 4 is 23.6 Å². The third-order valence-electron chi connectivity index (χ3n) is 4.87. The molecule has 1 aromatic rings. The number of amides is 1. The number of hydrogen-bond acceptors (Lipinski definition) is 5. The Bertz CT molecular complexity index is 593. The van der Waals surface area contributed by atoms with E-state index in [1.807, 2.05) is 6.26 Å². The quantitative estimate of drug-likeness (QED) is 0.652. The number of ether oxygens (including phenoxy) is 1. The predicted octanol–water partition coefficient (Wildman–Crippen LogP) is 3.29. The van der Waals surface area contributed by atoms with Crippen molar-refractivity contribution in [3.05, 3.63) is 23.9 Å². The summed E-state index contributed by atoms with van der Waals surface area (Å²) in [5, 5.41) is 3.65. The smallest absolute Gasteiger partial charge is 0.341 e. The van der Waals surface area contributed by atoms with Gasteiger partial charge >= 0.3 is 5.97 Å². The van der Waals surface area contributed by atoms with Crippen molar-refractivity contribution in [2.45, 2.75) is 57.2 Å². The molecule has 1 heterocycles. The van der Waals surface area contributed by atoms with Gasteiger partial charge in [0.05, 0.1) is 5.56 Å². The summed E-state index contributed by atoms with van der Waals surface area (Å²) in [7, 11) is 0. The van der Waals surface area contributed by atoms with Gasteiger partial charge in [-0.3, -0.25) is 4.79 Å². The van der Waals surface area contributed by atoms with Crippen LogP contribution in [0.15, 0.2) is 23.4 Å². The van der Waals surface area contributed by atoms with Crippen LogP contribution in [-0.4, -0.2) is 35.3 Å². The average Bonchev–Trinajstić information content (AvgIpc) is 2.58. The zero-order valence-electron chi connectivity index (χ0n) is 14.7. The highest BCUT2D eigenvalue weighted by atomic mass is 32.2. The first-order valence-corrected chi connectivity index (χ1v) is 9.66. The van der Waals surface area contributed by atoms with Crippen molar-refractivity contribution in [3.8, 4) is 0 Å². The first-order valence-electron chi connectivity index (χ1n) is 8.44. The van der Waals surface area contributed by atoms with Crippen LogP contribution in [-0.2, 0) is 9.53 Å².